The van der Waals surface area contributed by atoms with Crippen LogP contribution in [0.15, 0.2) is 30.3 Å². The normalized spacial score (nSPS) is 32.1. The summed E-state index contributed by atoms with van der Waals surface area (Å²) in [6.45, 7) is 4.84. The lowest BCUT2D eigenvalue weighted by atomic mass is 10.1. The highest BCUT2D eigenvalue weighted by Crippen LogP contribution is 2.35. The fraction of sp³-hybridized carbons (Fsp3) is 0.571. The first-order valence-electron chi connectivity index (χ1n) is 6.26. The number of hydrogen-bond donors (Lipinski definition) is 0. The molecule has 0 amide bonds. The van der Waals surface area contributed by atoms with Crippen molar-refractivity contribution < 1.29 is 0 Å². The zero-order chi connectivity index (χ0) is 11.1. The number of hydrogen-bond acceptors (Lipinski definition) is 2. The maximum absolute atomic E-state index is 2.68. The Labute approximate surface area is 97.9 Å². The first kappa shape index (κ1) is 10.3. The van der Waals surface area contributed by atoms with Crippen molar-refractivity contribution in [2.45, 2.75) is 31.5 Å². The molecule has 2 saturated heterocycles. The zero-order valence-electron chi connectivity index (χ0n) is 10.1. The van der Waals surface area contributed by atoms with E-state index in [9.17, 15) is 0 Å². The van der Waals surface area contributed by atoms with Crippen LogP contribution in [-0.4, -0.2) is 42.0 Å². The summed E-state index contributed by atoms with van der Waals surface area (Å²) in [6, 6.07) is 13.0. The Morgan fingerprint density at radius 3 is 2.44 bits per heavy atom. The molecule has 3 rings (SSSR count). The molecule has 0 saturated carbocycles. The van der Waals surface area contributed by atoms with E-state index in [1.807, 2.05) is 0 Å². The molecule has 0 radical (unpaired) electrons. The van der Waals surface area contributed by atoms with Crippen molar-refractivity contribution in [3.63, 3.8) is 0 Å². The van der Waals surface area contributed by atoms with Gasteiger partial charge in [-0.3, -0.25) is 4.90 Å². The Bertz CT molecular complexity index is 360. The van der Waals surface area contributed by atoms with Crippen LogP contribution in [0.1, 0.15) is 24.9 Å². The maximum atomic E-state index is 2.68. The molecule has 16 heavy (non-hydrogen) atoms. The molecule has 2 heterocycles. The first-order chi connectivity index (χ1) is 7.75. The second-order valence-electron chi connectivity index (χ2n) is 5.27. The summed E-state index contributed by atoms with van der Waals surface area (Å²) >= 11 is 0. The van der Waals surface area contributed by atoms with Gasteiger partial charge in [-0.05, 0) is 26.0 Å². The van der Waals surface area contributed by atoms with E-state index >= 15 is 0 Å². The minimum Gasteiger partial charge on any atom is -0.301 e. The second-order valence-corrected chi connectivity index (χ2v) is 5.27. The molecular formula is C14H20N2. The smallest absolute Gasteiger partial charge is 0.0324 e. The molecule has 2 nitrogen and oxygen atoms in total. The average Bonchev–Trinajstić information content (AvgIpc) is 2.88. The molecule has 2 fully saturated rings. The topological polar surface area (TPSA) is 6.48 Å². The van der Waals surface area contributed by atoms with Gasteiger partial charge in [0.05, 0.1) is 0 Å². The first-order valence-corrected chi connectivity index (χ1v) is 6.26. The molecule has 0 aliphatic carbocycles. The molecule has 0 aromatic heterocycles. The molecule has 2 bridgehead atoms. The minimum atomic E-state index is 0.574. The van der Waals surface area contributed by atoms with E-state index in [1.165, 1.54) is 25.1 Å². The summed E-state index contributed by atoms with van der Waals surface area (Å²) in [7, 11) is 2.26. The van der Waals surface area contributed by atoms with Gasteiger partial charge in [-0.1, -0.05) is 30.3 Å². The van der Waals surface area contributed by atoms with Crippen molar-refractivity contribution in [2.24, 2.45) is 0 Å². The lowest BCUT2D eigenvalue weighted by Gasteiger charge is -2.36. The van der Waals surface area contributed by atoms with Crippen molar-refractivity contribution in [3.8, 4) is 0 Å². The van der Waals surface area contributed by atoms with E-state index in [0.717, 1.165) is 12.1 Å². The van der Waals surface area contributed by atoms with Crippen molar-refractivity contribution >= 4 is 0 Å². The van der Waals surface area contributed by atoms with Gasteiger partial charge in [0.1, 0.15) is 0 Å². The lowest BCUT2D eigenvalue weighted by Crippen LogP contribution is -2.45. The number of benzene rings is 1. The summed E-state index contributed by atoms with van der Waals surface area (Å²) in [5.41, 5.74) is 1.46. The van der Waals surface area contributed by atoms with Gasteiger partial charge in [0.25, 0.3) is 0 Å². The van der Waals surface area contributed by atoms with E-state index in [4.69, 9.17) is 0 Å². The van der Waals surface area contributed by atoms with Gasteiger partial charge in [0.15, 0.2) is 0 Å². The Morgan fingerprint density at radius 2 is 1.88 bits per heavy atom. The number of piperazine rings is 1. The maximum Gasteiger partial charge on any atom is 0.0324 e. The molecule has 1 aromatic carbocycles. The monoisotopic (exact) mass is 216 g/mol. The van der Waals surface area contributed by atoms with Crippen molar-refractivity contribution in [1.82, 2.24) is 9.80 Å². The van der Waals surface area contributed by atoms with Crippen LogP contribution in [-0.2, 0) is 0 Å². The molecule has 2 aliphatic heterocycles. The van der Waals surface area contributed by atoms with Crippen LogP contribution in [0.25, 0.3) is 0 Å². The highest BCUT2D eigenvalue weighted by Gasteiger charge is 2.43. The number of nitrogens with zero attached hydrogens (tertiary/aromatic N) is 2. The van der Waals surface area contributed by atoms with Gasteiger partial charge < -0.3 is 4.90 Å². The molecule has 86 valence electrons. The number of likely N-dealkylation sites (tertiary alicyclic amines) is 2. The van der Waals surface area contributed by atoms with Crippen molar-refractivity contribution in [2.75, 3.05) is 20.1 Å². The summed E-state index contributed by atoms with van der Waals surface area (Å²) in [4.78, 5) is 5.19. The third kappa shape index (κ3) is 1.57. The highest BCUT2D eigenvalue weighted by atomic mass is 15.3. The van der Waals surface area contributed by atoms with E-state index in [0.29, 0.717) is 6.04 Å². The van der Waals surface area contributed by atoms with Gasteiger partial charge >= 0.3 is 0 Å². The van der Waals surface area contributed by atoms with E-state index in [-0.39, 0.29) is 0 Å². The largest absolute Gasteiger partial charge is 0.301 e. The van der Waals surface area contributed by atoms with Crippen LogP contribution in [0.4, 0.5) is 0 Å². The Morgan fingerprint density at radius 1 is 1.12 bits per heavy atom. The molecule has 3 atom stereocenters. The predicted octanol–water partition coefficient (Wildman–Crippen LogP) is 2.14. The molecule has 0 unspecified atom stereocenters. The summed E-state index contributed by atoms with van der Waals surface area (Å²) in [6.07, 6.45) is 1.37. The van der Waals surface area contributed by atoms with Gasteiger partial charge in [0.2, 0.25) is 0 Å². The van der Waals surface area contributed by atoms with Crippen LogP contribution in [0.3, 0.4) is 0 Å². The fourth-order valence-corrected chi connectivity index (χ4v) is 3.29. The third-order valence-corrected chi connectivity index (χ3v) is 4.34. The lowest BCUT2D eigenvalue weighted by molar-refractivity contribution is 0.114. The van der Waals surface area contributed by atoms with Crippen LogP contribution < -0.4 is 0 Å². The summed E-state index contributed by atoms with van der Waals surface area (Å²) in [5.74, 6) is 0. The Balaban J connectivity index is 1.76. The Hall–Kier alpha value is -0.860. The molecular weight excluding hydrogens is 196 g/mol. The van der Waals surface area contributed by atoms with Gasteiger partial charge in [-0.25, -0.2) is 0 Å². The van der Waals surface area contributed by atoms with Gasteiger partial charge in [0, 0.05) is 31.2 Å². The van der Waals surface area contributed by atoms with E-state index in [2.05, 4.69) is 54.1 Å². The molecule has 0 N–H and O–H groups in total. The number of rotatable bonds is 2. The minimum absolute atomic E-state index is 0.574. The quantitative estimate of drug-likeness (QED) is 0.747. The van der Waals surface area contributed by atoms with Crippen LogP contribution in [0, 0.1) is 0 Å². The van der Waals surface area contributed by atoms with Crippen LogP contribution in [0.5, 0.6) is 0 Å². The van der Waals surface area contributed by atoms with Gasteiger partial charge in [-0.2, -0.15) is 0 Å². The number of likely N-dealkylation sites (N-methyl/N-ethyl adjacent to an activating group) is 1. The third-order valence-electron chi connectivity index (χ3n) is 4.34. The van der Waals surface area contributed by atoms with Crippen LogP contribution >= 0.6 is 0 Å². The fourth-order valence-electron chi connectivity index (χ4n) is 3.29. The van der Waals surface area contributed by atoms with Crippen molar-refractivity contribution in [1.29, 1.82) is 0 Å². The zero-order valence-corrected chi connectivity index (χ0v) is 10.1. The molecule has 2 aliphatic rings. The molecule has 1 aromatic rings. The molecule has 0 spiro atoms. The van der Waals surface area contributed by atoms with E-state index in [1.54, 1.807) is 0 Å². The number of fused-ring (bicyclic) bond motifs is 2. The van der Waals surface area contributed by atoms with Gasteiger partial charge in [-0.15, -0.1) is 0 Å². The predicted molar refractivity (Wildman–Crippen MR) is 66.4 cm³/mol. The summed E-state index contributed by atoms with van der Waals surface area (Å²) < 4.78 is 0. The second kappa shape index (κ2) is 3.86. The SMILES string of the molecule is C[C@H](c1ccccc1)N1C[C@@H]2C[C@H]1CN2C. The van der Waals surface area contributed by atoms with Crippen molar-refractivity contribution in [3.05, 3.63) is 35.9 Å². The average molecular weight is 216 g/mol. The van der Waals surface area contributed by atoms with E-state index < -0.39 is 0 Å². The highest BCUT2D eigenvalue weighted by molar-refractivity contribution is 5.19. The molecule has 2 heteroatoms. The summed E-state index contributed by atoms with van der Waals surface area (Å²) in [5, 5.41) is 0. The van der Waals surface area contributed by atoms with Crippen LogP contribution in [0.2, 0.25) is 0 Å². The Kier molecular flexibility index (Phi) is 2.49. The standard InChI is InChI=1S/C14H20N2/c1-11(12-6-4-3-5-7-12)16-10-13-8-14(16)9-15(13)2/h3-7,11,13-14H,8-10H2,1-2H3/t11-,13+,14+/m1/s1.